The average molecular weight is 303 g/mol. The molecular weight excluding hydrogens is 281 g/mol. The summed E-state index contributed by atoms with van der Waals surface area (Å²) >= 11 is 0. The zero-order valence-corrected chi connectivity index (χ0v) is 13.5. The van der Waals surface area contributed by atoms with E-state index < -0.39 is 19.1 Å². The minimum atomic E-state index is -0.555. The number of fused-ring (bicyclic) bond motifs is 1. The van der Waals surface area contributed by atoms with Crippen LogP contribution in [0.5, 0.6) is 5.75 Å². The van der Waals surface area contributed by atoms with Crippen LogP contribution >= 0.6 is 0 Å². The van der Waals surface area contributed by atoms with Crippen LogP contribution in [0.2, 0.25) is 0 Å². The second-order valence-electron chi connectivity index (χ2n) is 7.00. The Morgan fingerprint density at radius 3 is 2.45 bits per heavy atom. The molecule has 2 aliphatic rings. The average Bonchev–Trinajstić information content (AvgIpc) is 2.66. The lowest BCUT2D eigenvalue weighted by Gasteiger charge is -2.32. The van der Waals surface area contributed by atoms with E-state index in [0.717, 1.165) is 17.4 Å². The van der Waals surface area contributed by atoms with Crippen molar-refractivity contribution in [3.8, 4) is 5.75 Å². The molecule has 0 aromatic heterocycles. The highest BCUT2D eigenvalue weighted by atomic mass is 16.7. The maximum Gasteiger partial charge on any atom is 0.494 e. The first-order valence-electron chi connectivity index (χ1n) is 7.64. The van der Waals surface area contributed by atoms with Gasteiger partial charge in [-0.1, -0.05) is 12.1 Å². The van der Waals surface area contributed by atoms with Gasteiger partial charge in [-0.25, -0.2) is 0 Å². The molecule has 2 heterocycles. The van der Waals surface area contributed by atoms with E-state index in [1.165, 1.54) is 0 Å². The zero-order chi connectivity index (χ0) is 16.1. The third-order valence-electron chi connectivity index (χ3n) is 4.88. The molecular formula is C16H22BNO4. The van der Waals surface area contributed by atoms with Gasteiger partial charge in [0.1, 0.15) is 5.75 Å². The van der Waals surface area contributed by atoms with Gasteiger partial charge in [0, 0.05) is 0 Å². The van der Waals surface area contributed by atoms with Crippen LogP contribution in [0.4, 0.5) is 0 Å². The van der Waals surface area contributed by atoms with Crippen LogP contribution in [0.3, 0.4) is 0 Å². The number of aryl methyl sites for hydroxylation is 1. The van der Waals surface area contributed by atoms with Gasteiger partial charge in [-0.05, 0) is 57.6 Å². The van der Waals surface area contributed by atoms with E-state index in [1.54, 1.807) is 0 Å². The Hall–Kier alpha value is -1.53. The molecule has 1 unspecified atom stereocenters. The molecule has 3 rings (SSSR count). The number of amides is 1. The number of hydrogen-bond donors (Lipinski definition) is 1. The van der Waals surface area contributed by atoms with Gasteiger partial charge in [-0.15, -0.1) is 0 Å². The fraction of sp³-hybridized carbons (Fsp3) is 0.562. The molecule has 1 aromatic rings. The highest BCUT2D eigenvalue weighted by molar-refractivity contribution is 6.62. The number of ether oxygens (including phenoxy) is 1. The molecule has 0 bridgehead atoms. The maximum atomic E-state index is 11.3. The quantitative estimate of drug-likeness (QED) is 0.832. The topological polar surface area (TPSA) is 70.8 Å². The molecule has 5 nitrogen and oxygen atoms in total. The first kappa shape index (κ1) is 15.4. The second kappa shape index (κ2) is 5.00. The molecule has 118 valence electrons. The Bertz CT molecular complexity index is 598. The van der Waals surface area contributed by atoms with Crippen molar-refractivity contribution in [3.63, 3.8) is 0 Å². The van der Waals surface area contributed by atoms with Crippen molar-refractivity contribution >= 4 is 18.5 Å². The predicted octanol–water partition coefficient (Wildman–Crippen LogP) is 1.16. The van der Waals surface area contributed by atoms with Gasteiger partial charge in [0.15, 0.2) is 6.10 Å². The molecule has 0 saturated carbocycles. The molecule has 0 spiro atoms. The van der Waals surface area contributed by atoms with Crippen molar-refractivity contribution in [1.82, 2.24) is 0 Å². The standard InChI is InChI=1S/C16H22BNO4/c1-15(2)16(3,4)22-17(21-15)11-7-5-10-6-8-12(14(18)19)20-13(10)9-11/h5,7,9,12H,6,8H2,1-4H3,(H2,18,19). The molecule has 1 aromatic carbocycles. The third kappa shape index (κ3) is 2.50. The van der Waals surface area contributed by atoms with Crippen molar-refractivity contribution in [3.05, 3.63) is 23.8 Å². The van der Waals surface area contributed by atoms with Gasteiger partial charge < -0.3 is 19.8 Å². The van der Waals surface area contributed by atoms with E-state index in [4.69, 9.17) is 19.8 Å². The molecule has 6 heteroatoms. The second-order valence-corrected chi connectivity index (χ2v) is 7.00. The van der Waals surface area contributed by atoms with Crippen molar-refractivity contribution in [2.45, 2.75) is 57.8 Å². The number of carbonyl (C=O) groups excluding carboxylic acids is 1. The molecule has 1 amide bonds. The van der Waals surface area contributed by atoms with Crippen molar-refractivity contribution in [2.75, 3.05) is 0 Å². The summed E-state index contributed by atoms with van der Waals surface area (Å²) in [6.45, 7) is 8.08. The summed E-state index contributed by atoms with van der Waals surface area (Å²) in [5.41, 5.74) is 6.55. The number of benzene rings is 1. The van der Waals surface area contributed by atoms with Crippen LogP contribution in [-0.4, -0.2) is 30.3 Å². The number of hydrogen-bond acceptors (Lipinski definition) is 4. The van der Waals surface area contributed by atoms with Crippen LogP contribution in [0.1, 0.15) is 39.7 Å². The summed E-state index contributed by atoms with van der Waals surface area (Å²) in [6.07, 6.45) is 0.853. The molecule has 1 atom stereocenters. The van der Waals surface area contributed by atoms with E-state index in [-0.39, 0.29) is 11.2 Å². The molecule has 22 heavy (non-hydrogen) atoms. The third-order valence-corrected chi connectivity index (χ3v) is 4.88. The molecule has 1 saturated heterocycles. The van der Waals surface area contributed by atoms with E-state index in [1.807, 2.05) is 45.9 Å². The highest BCUT2D eigenvalue weighted by Gasteiger charge is 2.51. The number of nitrogens with two attached hydrogens (primary N) is 1. The lowest BCUT2D eigenvalue weighted by Crippen LogP contribution is -2.41. The lowest BCUT2D eigenvalue weighted by atomic mass is 9.78. The Kier molecular flexibility index (Phi) is 3.49. The summed E-state index contributed by atoms with van der Waals surface area (Å²) in [4.78, 5) is 11.3. The summed E-state index contributed by atoms with van der Waals surface area (Å²) in [5.74, 6) is 0.272. The van der Waals surface area contributed by atoms with Gasteiger partial charge >= 0.3 is 7.12 Å². The first-order chi connectivity index (χ1) is 10.2. The number of rotatable bonds is 2. The monoisotopic (exact) mass is 303 g/mol. The van der Waals surface area contributed by atoms with Crippen LogP contribution < -0.4 is 15.9 Å². The molecule has 0 aliphatic carbocycles. The molecule has 0 radical (unpaired) electrons. The number of primary amides is 1. The Morgan fingerprint density at radius 2 is 1.86 bits per heavy atom. The number of carbonyl (C=O) groups is 1. The Morgan fingerprint density at radius 1 is 1.23 bits per heavy atom. The fourth-order valence-corrected chi connectivity index (χ4v) is 2.71. The molecule has 2 aliphatic heterocycles. The van der Waals surface area contributed by atoms with Crippen LogP contribution in [-0.2, 0) is 20.5 Å². The Labute approximate surface area is 131 Å². The summed E-state index contributed by atoms with van der Waals surface area (Å²) < 4.78 is 17.8. The first-order valence-corrected chi connectivity index (χ1v) is 7.64. The van der Waals surface area contributed by atoms with E-state index >= 15 is 0 Å². The van der Waals surface area contributed by atoms with Crippen LogP contribution in [0.25, 0.3) is 0 Å². The van der Waals surface area contributed by atoms with Crippen LogP contribution in [0, 0.1) is 0 Å². The fourth-order valence-electron chi connectivity index (χ4n) is 2.71. The van der Waals surface area contributed by atoms with Crippen molar-refractivity contribution < 1.29 is 18.8 Å². The predicted molar refractivity (Wildman–Crippen MR) is 84.1 cm³/mol. The molecule has 1 fully saturated rings. The Balaban J connectivity index is 1.86. The highest BCUT2D eigenvalue weighted by Crippen LogP contribution is 2.37. The zero-order valence-electron chi connectivity index (χ0n) is 13.5. The van der Waals surface area contributed by atoms with Crippen molar-refractivity contribution in [1.29, 1.82) is 0 Å². The largest absolute Gasteiger partial charge is 0.494 e. The summed E-state index contributed by atoms with van der Waals surface area (Å²) in [5, 5.41) is 0. The van der Waals surface area contributed by atoms with E-state index in [2.05, 4.69) is 0 Å². The van der Waals surface area contributed by atoms with Gasteiger partial charge in [0.2, 0.25) is 0 Å². The summed E-state index contributed by atoms with van der Waals surface area (Å²) in [6, 6.07) is 5.90. The SMILES string of the molecule is CC1(C)OB(c2ccc3c(c2)OC(C(N)=O)CC3)OC1(C)C. The lowest BCUT2D eigenvalue weighted by molar-refractivity contribution is -0.125. The van der Waals surface area contributed by atoms with Gasteiger partial charge in [0.05, 0.1) is 11.2 Å². The smallest absolute Gasteiger partial charge is 0.480 e. The van der Waals surface area contributed by atoms with Crippen molar-refractivity contribution in [2.24, 2.45) is 5.73 Å². The minimum Gasteiger partial charge on any atom is -0.480 e. The van der Waals surface area contributed by atoms with Gasteiger partial charge in [-0.2, -0.15) is 0 Å². The minimum absolute atomic E-state index is 0.385. The van der Waals surface area contributed by atoms with E-state index in [9.17, 15) is 4.79 Å². The van der Waals surface area contributed by atoms with Gasteiger partial charge in [0.25, 0.3) is 5.91 Å². The van der Waals surface area contributed by atoms with Crippen LogP contribution in [0.15, 0.2) is 18.2 Å². The van der Waals surface area contributed by atoms with E-state index in [0.29, 0.717) is 12.2 Å². The maximum absolute atomic E-state index is 11.3. The van der Waals surface area contributed by atoms with Gasteiger partial charge in [-0.3, -0.25) is 4.79 Å². The summed E-state index contributed by atoms with van der Waals surface area (Å²) in [7, 11) is -0.437. The molecule has 2 N–H and O–H groups in total. The normalized spacial score (nSPS) is 25.5.